The van der Waals surface area contributed by atoms with Crippen molar-refractivity contribution in [3.63, 3.8) is 0 Å². The lowest BCUT2D eigenvalue weighted by molar-refractivity contribution is -0.146. The minimum absolute atomic E-state index is 0.407. The van der Waals surface area contributed by atoms with E-state index in [-0.39, 0.29) is 0 Å². The number of carbonyl (C=O) groups excluding carboxylic acids is 1. The van der Waals surface area contributed by atoms with Gasteiger partial charge in [0.2, 0.25) is 0 Å². The van der Waals surface area contributed by atoms with Gasteiger partial charge in [0.05, 0.1) is 5.92 Å². The lowest BCUT2D eigenvalue weighted by Crippen LogP contribution is -2.07. The summed E-state index contributed by atoms with van der Waals surface area (Å²) in [5.74, 6) is -1.40. The first-order chi connectivity index (χ1) is 4.22. The number of carbonyl (C=O) groups is 1. The highest BCUT2D eigenvalue weighted by Crippen LogP contribution is 2.03. The van der Waals surface area contributed by atoms with Crippen molar-refractivity contribution in [2.75, 3.05) is 0 Å². The molecule has 1 radical (unpaired) electrons. The highest BCUT2D eigenvalue weighted by Gasteiger charge is 2.11. The van der Waals surface area contributed by atoms with Crippen LogP contribution in [0.5, 0.6) is 0 Å². The Bertz CT molecular complexity index is 116. The van der Waals surface area contributed by atoms with Gasteiger partial charge in [-0.2, -0.15) is 0 Å². The molecule has 0 amide bonds. The van der Waals surface area contributed by atoms with Crippen LogP contribution in [0, 0.1) is 5.92 Å². The van der Waals surface area contributed by atoms with Crippen molar-refractivity contribution in [2.24, 2.45) is 5.92 Å². The Hall–Kier alpha value is -0.790. The number of rotatable bonds is 3. The molecule has 0 N–H and O–H groups in total. The van der Waals surface area contributed by atoms with E-state index in [2.05, 4.69) is 0 Å². The summed E-state index contributed by atoms with van der Waals surface area (Å²) >= 11 is 0. The molecular formula is C7H11O2. The molecule has 0 aromatic carbocycles. The van der Waals surface area contributed by atoms with E-state index < -0.39 is 11.9 Å². The molecule has 0 spiro atoms. The van der Waals surface area contributed by atoms with E-state index in [1.807, 2.05) is 6.92 Å². The Morgan fingerprint density at radius 3 is 2.33 bits per heavy atom. The van der Waals surface area contributed by atoms with Crippen LogP contribution in [-0.4, -0.2) is 5.97 Å². The van der Waals surface area contributed by atoms with Crippen LogP contribution in [0.1, 0.15) is 20.3 Å². The van der Waals surface area contributed by atoms with Crippen LogP contribution in [0.3, 0.4) is 0 Å². The number of hydrogen-bond donors (Lipinski definition) is 0. The van der Waals surface area contributed by atoms with E-state index in [9.17, 15) is 9.90 Å². The van der Waals surface area contributed by atoms with Gasteiger partial charge in [0, 0.05) is 0 Å². The van der Waals surface area contributed by atoms with Crippen LogP contribution in [0.15, 0.2) is 12.2 Å². The maximum absolute atomic E-state index is 10.2. The van der Waals surface area contributed by atoms with Crippen molar-refractivity contribution >= 4 is 5.97 Å². The SMILES string of the molecule is C/C=C/C(CC)C([O])=O. The molecule has 0 rings (SSSR count). The van der Waals surface area contributed by atoms with Gasteiger partial charge < -0.3 is 0 Å². The Balaban J connectivity index is 3.83. The first kappa shape index (κ1) is 8.21. The zero-order valence-electron chi connectivity index (χ0n) is 5.76. The van der Waals surface area contributed by atoms with Crippen LogP contribution < -0.4 is 0 Å². The number of hydrogen-bond acceptors (Lipinski definition) is 1. The molecule has 0 aromatic rings. The van der Waals surface area contributed by atoms with Crippen molar-refractivity contribution in [2.45, 2.75) is 20.3 Å². The van der Waals surface area contributed by atoms with Crippen LogP contribution in [0.4, 0.5) is 0 Å². The predicted octanol–water partition coefficient (Wildman–Crippen LogP) is 1.55. The first-order valence-electron chi connectivity index (χ1n) is 3.06. The Kier molecular flexibility index (Phi) is 3.76. The standard InChI is InChI=1S/C7H11O2/c1-3-5-6(4-2)7(8)9/h3,5-6H,4H2,1-2H3/b5-3+. The monoisotopic (exact) mass is 127 g/mol. The van der Waals surface area contributed by atoms with Crippen molar-refractivity contribution in [1.82, 2.24) is 0 Å². The average molecular weight is 127 g/mol. The minimum atomic E-state index is -0.990. The highest BCUT2D eigenvalue weighted by atomic mass is 16.4. The Morgan fingerprint density at radius 2 is 2.22 bits per heavy atom. The van der Waals surface area contributed by atoms with Crippen molar-refractivity contribution in [3.05, 3.63) is 12.2 Å². The fourth-order valence-corrected chi connectivity index (χ4v) is 0.614. The summed E-state index contributed by atoms with van der Waals surface area (Å²) < 4.78 is 0. The van der Waals surface area contributed by atoms with Crippen LogP contribution in [0.25, 0.3) is 0 Å². The summed E-state index contributed by atoms with van der Waals surface area (Å²) in [5.41, 5.74) is 0. The molecule has 0 saturated carbocycles. The second kappa shape index (κ2) is 4.13. The zero-order chi connectivity index (χ0) is 7.28. The largest absolute Gasteiger partial charge is 0.362 e. The molecule has 0 heterocycles. The van der Waals surface area contributed by atoms with Crippen LogP contribution in [-0.2, 0) is 9.90 Å². The summed E-state index contributed by atoms with van der Waals surface area (Å²) in [4.78, 5) is 10.2. The molecule has 1 unspecified atom stereocenters. The summed E-state index contributed by atoms with van der Waals surface area (Å²) in [6.07, 6.45) is 3.96. The fraction of sp³-hybridized carbons (Fsp3) is 0.571. The molecule has 0 fully saturated rings. The van der Waals surface area contributed by atoms with Gasteiger partial charge in [0.1, 0.15) is 0 Å². The van der Waals surface area contributed by atoms with E-state index in [0.29, 0.717) is 6.42 Å². The maximum Gasteiger partial charge on any atom is 0.362 e. The molecule has 9 heavy (non-hydrogen) atoms. The zero-order valence-corrected chi connectivity index (χ0v) is 5.76. The van der Waals surface area contributed by atoms with Crippen LogP contribution >= 0.6 is 0 Å². The van der Waals surface area contributed by atoms with Gasteiger partial charge >= 0.3 is 5.97 Å². The molecule has 0 aliphatic rings. The van der Waals surface area contributed by atoms with Gasteiger partial charge in [-0.1, -0.05) is 19.1 Å². The van der Waals surface area contributed by atoms with E-state index in [0.717, 1.165) is 0 Å². The molecule has 1 atom stereocenters. The van der Waals surface area contributed by atoms with Gasteiger partial charge in [-0.05, 0) is 13.3 Å². The van der Waals surface area contributed by atoms with Gasteiger partial charge in [0.25, 0.3) is 0 Å². The summed E-state index contributed by atoms with van der Waals surface area (Å²) in [7, 11) is 0. The molecule has 2 heteroatoms. The first-order valence-corrected chi connectivity index (χ1v) is 3.06. The smallest absolute Gasteiger partial charge is 0.247 e. The van der Waals surface area contributed by atoms with Crippen molar-refractivity contribution in [3.8, 4) is 0 Å². The lowest BCUT2D eigenvalue weighted by atomic mass is 10.1. The molecule has 51 valence electrons. The Morgan fingerprint density at radius 1 is 1.67 bits per heavy atom. The van der Waals surface area contributed by atoms with Gasteiger partial charge in [-0.15, -0.1) is 0 Å². The molecule has 0 aliphatic heterocycles. The third kappa shape index (κ3) is 2.90. The topological polar surface area (TPSA) is 37.0 Å². The quantitative estimate of drug-likeness (QED) is 0.530. The van der Waals surface area contributed by atoms with E-state index in [1.54, 1.807) is 19.1 Å². The van der Waals surface area contributed by atoms with Crippen molar-refractivity contribution < 1.29 is 9.90 Å². The molecule has 0 saturated heterocycles. The third-order valence-corrected chi connectivity index (χ3v) is 1.17. The highest BCUT2D eigenvalue weighted by molar-refractivity contribution is 5.71. The second-order valence-electron chi connectivity index (χ2n) is 1.86. The summed E-state index contributed by atoms with van der Waals surface area (Å²) in [6, 6.07) is 0. The minimum Gasteiger partial charge on any atom is -0.247 e. The molecule has 0 aliphatic carbocycles. The molecule has 0 bridgehead atoms. The molecular weight excluding hydrogens is 116 g/mol. The van der Waals surface area contributed by atoms with Crippen molar-refractivity contribution in [1.29, 1.82) is 0 Å². The third-order valence-electron chi connectivity index (χ3n) is 1.17. The second-order valence-corrected chi connectivity index (χ2v) is 1.86. The number of allylic oxidation sites excluding steroid dienone is 1. The molecule has 2 nitrogen and oxygen atoms in total. The lowest BCUT2D eigenvalue weighted by Gasteiger charge is -1.97. The van der Waals surface area contributed by atoms with Crippen LogP contribution in [0.2, 0.25) is 0 Å². The van der Waals surface area contributed by atoms with Gasteiger partial charge in [-0.3, -0.25) is 0 Å². The van der Waals surface area contributed by atoms with Gasteiger partial charge in [0.15, 0.2) is 0 Å². The van der Waals surface area contributed by atoms with E-state index in [4.69, 9.17) is 0 Å². The van der Waals surface area contributed by atoms with E-state index in [1.165, 1.54) is 0 Å². The normalized spacial score (nSPS) is 14.0. The fourth-order valence-electron chi connectivity index (χ4n) is 0.614. The summed E-state index contributed by atoms with van der Waals surface area (Å²) in [5, 5.41) is 10.2. The Labute approximate surface area is 55.2 Å². The molecule has 0 aromatic heterocycles. The maximum atomic E-state index is 10.2. The van der Waals surface area contributed by atoms with Gasteiger partial charge in [-0.25, -0.2) is 9.90 Å². The summed E-state index contributed by atoms with van der Waals surface area (Å²) in [6.45, 7) is 3.62. The average Bonchev–Trinajstić information content (AvgIpc) is 1.82. The van der Waals surface area contributed by atoms with E-state index >= 15 is 0 Å². The predicted molar refractivity (Wildman–Crippen MR) is 34.3 cm³/mol.